The van der Waals surface area contributed by atoms with Gasteiger partial charge in [0.25, 0.3) is 0 Å². The van der Waals surface area contributed by atoms with Gasteiger partial charge in [0.05, 0.1) is 6.10 Å². The Morgan fingerprint density at radius 2 is 1.62 bits per heavy atom. The van der Waals surface area contributed by atoms with Crippen LogP contribution >= 0.6 is 0 Å². The molecule has 7 nitrogen and oxygen atoms in total. The lowest BCUT2D eigenvalue weighted by Gasteiger charge is -2.23. The quantitative estimate of drug-likeness (QED) is 0.266. The van der Waals surface area contributed by atoms with Crippen LogP contribution in [-0.4, -0.2) is 62.5 Å². The Morgan fingerprint density at radius 1 is 1.15 bits per heavy atom. The van der Waals surface area contributed by atoms with Crippen molar-refractivity contribution < 1.29 is 30.3 Å². The van der Waals surface area contributed by atoms with Crippen molar-refractivity contribution in [2.24, 2.45) is 5.73 Å². The van der Waals surface area contributed by atoms with E-state index in [2.05, 4.69) is 0 Å². The van der Waals surface area contributed by atoms with Gasteiger partial charge in [-0.05, 0) is 0 Å². The molecule has 0 bridgehead atoms. The van der Waals surface area contributed by atoms with Crippen molar-refractivity contribution in [2.45, 2.75) is 24.4 Å². The lowest BCUT2D eigenvalue weighted by atomic mass is 10.0. The molecule has 0 radical (unpaired) electrons. The molecule has 0 aliphatic rings. The molecule has 0 saturated carbocycles. The molecule has 0 aliphatic carbocycles. The summed E-state index contributed by atoms with van der Waals surface area (Å²) >= 11 is 0. The van der Waals surface area contributed by atoms with Crippen LogP contribution in [0.1, 0.15) is 0 Å². The van der Waals surface area contributed by atoms with E-state index in [-0.39, 0.29) is 6.54 Å². The number of hydrogen-bond donors (Lipinski definition) is 6. The van der Waals surface area contributed by atoms with Crippen molar-refractivity contribution in [3.63, 3.8) is 0 Å². The normalized spacial score (nSPS) is 20.4. The number of carboxylic acid groups (broad SMARTS) is 1. The number of aliphatic hydroxyl groups excluding tert-OH is 4. The standard InChI is InChI=1S/C6H13NO6/c7-1-2(8)3(9)4(10)5(11)6(12)13/h2-5,8-11H,1,7H2,(H,12,13)/t2-,3-,4+,5-/m1/s1. The zero-order valence-electron chi connectivity index (χ0n) is 6.74. The summed E-state index contributed by atoms with van der Waals surface area (Å²) in [4.78, 5) is 10.1. The summed E-state index contributed by atoms with van der Waals surface area (Å²) in [6.45, 7) is -0.343. The van der Waals surface area contributed by atoms with Crippen molar-refractivity contribution in [2.75, 3.05) is 6.54 Å². The number of hydrogen-bond acceptors (Lipinski definition) is 6. The maximum Gasteiger partial charge on any atom is 0.335 e. The molecule has 0 amide bonds. The zero-order chi connectivity index (χ0) is 10.6. The summed E-state index contributed by atoms with van der Waals surface area (Å²) in [5.41, 5.74) is 4.94. The number of nitrogens with two attached hydrogens (primary N) is 1. The average molecular weight is 195 g/mol. The predicted molar refractivity (Wildman–Crippen MR) is 40.7 cm³/mol. The largest absolute Gasteiger partial charge is 0.479 e. The first kappa shape index (κ1) is 12.3. The van der Waals surface area contributed by atoms with Crippen molar-refractivity contribution in [1.29, 1.82) is 0 Å². The minimum absolute atomic E-state index is 0.343. The monoisotopic (exact) mass is 195 g/mol. The highest BCUT2D eigenvalue weighted by atomic mass is 16.4. The van der Waals surface area contributed by atoms with E-state index in [0.29, 0.717) is 0 Å². The van der Waals surface area contributed by atoms with Crippen LogP contribution in [0.2, 0.25) is 0 Å². The Hall–Kier alpha value is -0.730. The lowest BCUT2D eigenvalue weighted by molar-refractivity contribution is -0.162. The maximum atomic E-state index is 10.1. The van der Waals surface area contributed by atoms with E-state index >= 15 is 0 Å². The second kappa shape index (κ2) is 5.10. The number of rotatable bonds is 5. The zero-order valence-corrected chi connectivity index (χ0v) is 6.74. The van der Waals surface area contributed by atoms with Crippen molar-refractivity contribution >= 4 is 5.97 Å². The van der Waals surface area contributed by atoms with Crippen LogP contribution in [0.25, 0.3) is 0 Å². The van der Waals surface area contributed by atoms with Gasteiger partial charge in [0.2, 0.25) is 0 Å². The third kappa shape index (κ3) is 3.25. The van der Waals surface area contributed by atoms with Gasteiger partial charge in [-0.15, -0.1) is 0 Å². The van der Waals surface area contributed by atoms with E-state index in [1.807, 2.05) is 0 Å². The minimum Gasteiger partial charge on any atom is -0.479 e. The Labute approximate surface area is 74.0 Å². The molecule has 0 aromatic carbocycles. The van der Waals surface area contributed by atoms with E-state index in [1.54, 1.807) is 0 Å². The van der Waals surface area contributed by atoms with Crippen LogP contribution in [-0.2, 0) is 4.79 Å². The molecule has 0 aliphatic heterocycles. The first-order valence-corrected chi connectivity index (χ1v) is 3.57. The fourth-order valence-electron chi connectivity index (χ4n) is 0.700. The molecular formula is C6H13NO6. The van der Waals surface area contributed by atoms with Crippen LogP contribution in [0.15, 0.2) is 0 Å². The van der Waals surface area contributed by atoms with Crippen molar-refractivity contribution in [1.82, 2.24) is 0 Å². The predicted octanol–water partition coefficient (Wildman–Crippen LogP) is -3.53. The molecule has 7 heteroatoms. The third-order valence-corrected chi connectivity index (χ3v) is 1.56. The molecule has 0 aromatic heterocycles. The van der Waals surface area contributed by atoms with E-state index < -0.39 is 30.4 Å². The molecule has 0 heterocycles. The van der Waals surface area contributed by atoms with Crippen molar-refractivity contribution in [3.8, 4) is 0 Å². The number of aliphatic hydroxyl groups is 4. The van der Waals surface area contributed by atoms with Crippen LogP contribution in [0, 0.1) is 0 Å². The Balaban J connectivity index is 4.24. The van der Waals surface area contributed by atoms with Gasteiger partial charge in [-0.25, -0.2) is 4.79 Å². The van der Waals surface area contributed by atoms with Crippen LogP contribution in [0.5, 0.6) is 0 Å². The Morgan fingerprint density at radius 3 is 1.92 bits per heavy atom. The summed E-state index contributed by atoms with van der Waals surface area (Å²) in [6, 6.07) is 0. The van der Waals surface area contributed by atoms with E-state index in [4.69, 9.17) is 31.3 Å². The van der Waals surface area contributed by atoms with Gasteiger partial charge in [-0.2, -0.15) is 0 Å². The number of carbonyl (C=O) groups is 1. The van der Waals surface area contributed by atoms with Crippen LogP contribution < -0.4 is 5.73 Å². The first-order chi connectivity index (χ1) is 5.91. The Bertz CT molecular complexity index is 175. The molecule has 0 aromatic rings. The summed E-state index contributed by atoms with van der Waals surface area (Å²) < 4.78 is 0. The Kier molecular flexibility index (Phi) is 4.81. The molecular weight excluding hydrogens is 182 g/mol. The molecule has 4 atom stereocenters. The average Bonchev–Trinajstić information content (AvgIpc) is 2.12. The summed E-state index contributed by atoms with van der Waals surface area (Å²) in [6.07, 6.45) is -7.35. The SMILES string of the molecule is NC[C@@H](O)[C@@H](O)[C@H](O)[C@@H](O)C(=O)O. The topological polar surface area (TPSA) is 144 Å². The summed E-state index contributed by atoms with van der Waals surface area (Å²) in [5.74, 6) is -1.68. The highest BCUT2D eigenvalue weighted by molar-refractivity contribution is 5.72. The molecule has 7 N–H and O–H groups in total. The molecule has 78 valence electrons. The van der Waals surface area contributed by atoms with Gasteiger partial charge >= 0.3 is 5.97 Å². The third-order valence-electron chi connectivity index (χ3n) is 1.56. The lowest BCUT2D eigenvalue weighted by Crippen LogP contribution is -2.49. The number of aliphatic carboxylic acids is 1. The van der Waals surface area contributed by atoms with Crippen molar-refractivity contribution in [3.05, 3.63) is 0 Å². The number of carboxylic acids is 1. The van der Waals surface area contributed by atoms with E-state index in [1.165, 1.54) is 0 Å². The van der Waals surface area contributed by atoms with Gasteiger partial charge in [0.15, 0.2) is 6.10 Å². The van der Waals surface area contributed by atoms with E-state index in [0.717, 1.165) is 0 Å². The molecule has 0 rings (SSSR count). The maximum absolute atomic E-state index is 10.1. The highest BCUT2D eigenvalue weighted by Crippen LogP contribution is 2.04. The molecule has 0 spiro atoms. The van der Waals surface area contributed by atoms with Gasteiger partial charge in [0, 0.05) is 6.54 Å². The molecule has 0 fully saturated rings. The second-order valence-corrected chi connectivity index (χ2v) is 2.57. The summed E-state index contributed by atoms with van der Waals surface area (Å²) in [7, 11) is 0. The highest BCUT2D eigenvalue weighted by Gasteiger charge is 2.33. The fraction of sp³-hybridized carbons (Fsp3) is 0.833. The van der Waals surface area contributed by atoms with Crippen LogP contribution in [0.3, 0.4) is 0 Å². The second-order valence-electron chi connectivity index (χ2n) is 2.57. The van der Waals surface area contributed by atoms with Gasteiger partial charge in [0.1, 0.15) is 12.2 Å². The van der Waals surface area contributed by atoms with Gasteiger partial charge < -0.3 is 31.3 Å². The smallest absolute Gasteiger partial charge is 0.335 e. The van der Waals surface area contributed by atoms with Gasteiger partial charge in [-0.1, -0.05) is 0 Å². The van der Waals surface area contributed by atoms with Crippen LogP contribution in [0.4, 0.5) is 0 Å². The molecule has 0 saturated heterocycles. The van der Waals surface area contributed by atoms with Gasteiger partial charge in [-0.3, -0.25) is 0 Å². The van der Waals surface area contributed by atoms with E-state index in [9.17, 15) is 4.79 Å². The minimum atomic E-state index is -2.14. The molecule has 13 heavy (non-hydrogen) atoms. The summed E-state index contributed by atoms with van der Waals surface area (Å²) in [5, 5.41) is 43.8. The first-order valence-electron chi connectivity index (χ1n) is 3.57. The molecule has 0 unspecified atom stereocenters. The fourth-order valence-corrected chi connectivity index (χ4v) is 0.700.